The number of nitrogens with zero attached hydrogens (tertiary/aromatic N) is 1. The lowest BCUT2D eigenvalue weighted by atomic mass is 10.1. The smallest absolute Gasteiger partial charge is 0.326 e. The lowest BCUT2D eigenvalue weighted by Gasteiger charge is -2.24. The number of carbonyl (C=O) groups is 3. The summed E-state index contributed by atoms with van der Waals surface area (Å²) in [7, 11) is 0. The Kier molecular flexibility index (Phi) is 8.83. The van der Waals surface area contributed by atoms with Gasteiger partial charge in [0.2, 0.25) is 0 Å². The molecule has 0 aliphatic carbocycles. The van der Waals surface area contributed by atoms with E-state index < -0.39 is 5.97 Å². The van der Waals surface area contributed by atoms with Crippen LogP contribution in [0.2, 0.25) is 0 Å². The molecule has 3 amide bonds. The summed E-state index contributed by atoms with van der Waals surface area (Å²) in [5.74, 6) is -1.22. The molecule has 0 bridgehead atoms. The number of phenolic OH excluding ortho intramolecular Hbond substituents is 1. The average Bonchev–Trinajstić information content (AvgIpc) is 2.85. The number of rotatable bonds is 10. The van der Waals surface area contributed by atoms with Gasteiger partial charge in [0.25, 0.3) is 5.91 Å². The maximum absolute atomic E-state index is 13.2. The predicted octanol–water partition coefficient (Wildman–Crippen LogP) is 4.79. The van der Waals surface area contributed by atoms with E-state index in [-0.39, 0.29) is 37.2 Å². The first-order valence-electron chi connectivity index (χ1n) is 11.4. The first-order chi connectivity index (χ1) is 16.9. The fourth-order valence-corrected chi connectivity index (χ4v) is 3.48. The second-order valence-electron chi connectivity index (χ2n) is 8.08. The molecule has 0 aliphatic rings. The highest BCUT2D eigenvalue weighted by Gasteiger charge is 2.17. The van der Waals surface area contributed by atoms with Crippen molar-refractivity contribution < 1.29 is 24.6 Å². The predicted molar refractivity (Wildman–Crippen MR) is 135 cm³/mol. The number of amides is 3. The number of hydrogen-bond donors (Lipinski definition) is 4. The number of benzene rings is 3. The molecule has 0 saturated heterocycles. The molecule has 8 nitrogen and oxygen atoms in total. The van der Waals surface area contributed by atoms with Crippen LogP contribution in [0, 0.1) is 0 Å². The van der Waals surface area contributed by atoms with E-state index in [2.05, 4.69) is 17.6 Å². The molecule has 35 heavy (non-hydrogen) atoms. The largest absolute Gasteiger partial charge is 0.508 e. The van der Waals surface area contributed by atoms with Crippen molar-refractivity contribution in [3.8, 4) is 5.75 Å². The third-order valence-electron chi connectivity index (χ3n) is 5.33. The Morgan fingerprint density at radius 3 is 2.09 bits per heavy atom. The highest BCUT2D eigenvalue weighted by atomic mass is 16.4. The van der Waals surface area contributed by atoms with Gasteiger partial charge in [-0.15, -0.1) is 0 Å². The van der Waals surface area contributed by atoms with Gasteiger partial charge in [-0.3, -0.25) is 14.5 Å². The molecule has 3 rings (SSSR count). The lowest BCUT2D eigenvalue weighted by molar-refractivity contribution is -0.136. The van der Waals surface area contributed by atoms with Gasteiger partial charge in [-0.2, -0.15) is 0 Å². The first kappa shape index (κ1) is 25.3. The molecular weight excluding hydrogens is 446 g/mol. The van der Waals surface area contributed by atoms with Gasteiger partial charge in [-0.1, -0.05) is 37.6 Å². The second kappa shape index (κ2) is 12.2. The maximum atomic E-state index is 13.2. The topological polar surface area (TPSA) is 119 Å². The van der Waals surface area contributed by atoms with Crippen molar-refractivity contribution in [2.45, 2.75) is 32.7 Å². The quantitative estimate of drug-likeness (QED) is 0.315. The van der Waals surface area contributed by atoms with Gasteiger partial charge in [0.15, 0.2) is 0 Å². The van der Waals surface area contributed by atoms with Crippen molar-refractivity contribution in [2.24, 2.45) is 0 Å². The van der Waals surface area contributed by atoms with Crippen molar-refractivity contribution in [3.05, 3.63) is 89.5 Å². The molecule has 0 unspecified atom stereocenters. The van der Waals surface area contributed by atoms with E-state index in [4.69, 9.17) is 5.11 Å². The van der Waals surface area contributed by atoms with Gasteiger partial charge >= 0.3 is 12.0 Å². The van der Waals surface area contributed by atoms with Gasteiger partial charge in [0.1, 0.15) is 5.75 Å². The Hall–Kier alpha value is -4.33. The van der Waals surface area contributed by atoms with Crippen LogP contribution in [0.15, 0.2) is 72.8 Å². The summed E-state index contributed by atoms with van der Waals surface area (Å²) < 4.78 is 0. The van der Waals surface area contributed by atoms with Gasteiger partial charge in [-0.25, -0.2) is 4.79 Å². The molecule has 0 saturated carbocycles. The molecule has 0 aromatic heterocycles. The third-order valence-corrected chi connectivity index (χ3v) is 5.33. The summed E-state index contributed by atoms with van der Waals surface area (Å²) >= 11 is 0. The zero-order valence-corrected chi connectivity index (χ0v) is 19.5. The van der Waals surface area contributed by atoms with Crippen LogP contribution >= 0.6 is 0 Å². The van der Waals surface area contributed by atoms with E-state index in [0.29, 0.717) is 11.3 Å². The Morgan fingerprint density at radius 2 is 1.49 bits per heavy atom. The molecular formula is C27H29N3O5. The minimum atomic E-state index is -0.978. The fraction of sp³-hybridized carbons (Fsp3) is 0.222. The summed E-state index contributed by atoms with van der Waals surface area (Å²) in [6.45, 7) is 2.43. The van der Waals surface area contributed by atoms with Crippen LogP contribution in [0.25, 0.3) is 0 Å². The monoisotopic (exact) mass is 475 g/mol. The van der Waals surface area contributed by atoms with E-state index in [1.54, 1.807) is 41.3 Å². The number of nitrogens with one attached hydrogen (secondary N) is 2. The summed E-state index contributed by atoms with van der Waals surface area (Å²) in [4.78, 5) is 37.6. The summed E-state index contributed by atoms with van der Waals surface area (Å²) in [5, 5.41) is 23.6. The summed E-state index contributed by atoms with van der Waals surface area (Å²) in [6, 6.07) is 20.5. The van der Waals surface area contributed by atoms with Gasteiger partial charge < -0.3 is 20.8 Å². The number of carboxylic acids is 1. The van der Waals surface area contributed by atoms with Gasteiger partial charge in [0, 0.05) is 23.5 Å². The van der Waals surface area contributed by atoms with Crippen LogP contribution in [0.1, 0.15) is 41.3 Å². The highest BCUT2D eigenvalue weighted by molar-refractivity contribution is 6.01. The van der Waals surface area contributed by atoms with Crippen LogP contribution in [0.3, 0.4) is 0 Å². The second-order valence-corrected chi connectivity index (χ2v) is 8.08. The Labute approximate surface area is 204 Å². The normalized spacial score (nSPS) is 10.4. The van der Waals surface area contributed by atoms with Crippen LogP contribution in [-0.2, 0) is 17.8 Å². The van der Waals surface area contributed by atoms with Crippen molar-refractivity contribution in [2.75, 3.05) is 16.8 Å². The van der Waals surface area contributed by atoms with Gasteiger partial charge in [0.05, 0.1) is 13.0 Å². The van der Waals surface area contributed by atoms with Crippen LogP contribution < -0.4 is 15.5 Å². The van der Waals surface area contributed by atoms with Gasteiger partial charge in [-0.05, 0) is 66.1 Å². The van der Waals surface area contributed by atoms with Crippen molar-refractivity contribution in [1.82, 2.24) is 5.32 Å². The number of phenols is 1. The lowest BCUT2D eigenvalue weighted by Crippen LogP contribution is -2.34. The van der Waals surface area contributed by atoms with Crippen LogP contribution in [0.5, 0.6) is 5.75 Å². The Morgan fingerprint density at radius 1 is 0.857 bits per heavy atom. The number of aryl methyl sites for hydroxylation is 1. The Balaban J connectivity index is 1.76. The van der Waals surface area contributed by atoms with E-state index >= 15 is 0 Å². The SMILES string of the molecule is CCCc1ccc(N(Cc2ccc(C(=O)NCCC(=O)O)cc2)C(=O)Nc2ccc(O)cc2)cc1. The molecule has 3 aromatic rings. The van der Waals surface area contributed by atoms with Crippen LogP contribution in [-0.4, -0.2) is 34.7 Å². The minimum Gasteiger partial charge on any atom is -0.508 e. The number of urea groups is 1. The van der Waals surface area contributed by atoms with Crippen LogP contribution in [0.4, 0.5) is 16.2 Å². The number of carboxylic acid groups (broad SMARTS) is 1. The maximum Gasteiger partial charge on any atom is 0.326 e. The first-order valence-corrected chi connectivity index (χ1v) is 11.4. The van der Waals surface area contributed by atoms with E-state index in [9.17, 15) is 19.5 Å². The van der Waals surface area contributed by atoms with Crippen molar-refractivity contribution in [1.29, 1.82) is 0 Å². The van der Waals surface area contributed by atoms with E-state index in [0.717, 1.165) is 24.1 Å². The molecule has 0 atom stereocenters. The number of anilines is 2. The number of hydrogen-bond acceptors (Lipinski definition) is 4. The highest BCUT2D eigenvalue weighted by Crippen LogP contribution is 2.22. The summed E-state index contributed by atoms with van der Waals surface area (Å²) in [6.07, 6.45) is 1.84. The molecule has 3 aromatic carbocycles. The zero-order chi connectivity index (χ0) is 25.2. The molecule has 182 valence electrons. The molecule has 0 radical (unpaired) electrons. The fourth-order valence-electron chi connectivity index (χ4n) is 3.48. The molecule has 0 aliphatic heterocycles. The van der Waals surface area contributed by atoms with E-state index in [1.165, 1.54) is 17.7 Å². The molecule has 4 N–H and O–H groups in total. The molecule has 8 heteroatoms. The van der Waals surface area contributed by atoms with E-state index in [1.807, 2.05) is 24.3 Å². The number of carbonyl (C=O) groups excluding carboxylic acids is 2. The minimum absolute atomic E-state index is 0.0507. The number of aliphatic carboxylic acids is 1. The standard InChI is InChI=1S/C27H29N3O5/c1-2-3-19-6-12-23(13-7-19)30(27(35)29-22-10-14-24(31)15-11-22)18-20-4-8-21(9-5-20)26(34)28-17-16-25(32)33/h4-15,31H,2-3,16-18H2,1H3,(H,28,34)(H,29,35)(H,32,33). The third kappa shape index (κ3) is 7.60. The van der Waals surface area contributed by atoms with Crippen molar-refractivity contribution >= 4 is 29.3 Å². The molecule has 0 heterocycles. The molecule has 0 spiro atoms. The zero-order valence-electron chi connectivity index (χ0n) is 19.5. The average molecular weight is 476 g/mol. The summed E-state index contributed by atoms with van der Waals surface area (Å²) in [5.41, 5.74) is 3.67. The van der Waals surface area contributed by atoms with Crippen molar-refractivity contribution in [3.63, 3.8) is 0 Å². The number of aromatic hydroxyl groups is 1. The Bertz CT molecular complexity index is 1140. The molecule has 0 fully saturated rings.